The van der Waals surface area contributed by atoms with Crippen LogP contribution in [0.15, 0.2) is 194 Å². The quantitative estimate of drug-likeness (QED) is 0.120. The molecular weight excluding hydrogens is 548 g/mol. The Labute approximate surface area is 265 Å². The number of nitrogens with zero attached hydrogens (tertiary/aromatic N) is 2. The lowest BCUT2D eigenvalue weighted by Gasteiger charge is -2.26. The largest absolute Gasteiger partial charge is 0.464 e. The monoisotopic (exact) mass is 584 g/mol. The van der Waals surface area contributed by atoms with E-state index in [9.17, 15) is 0 Å². The van der Waals surface area contributed by atoms with Gasteiger partial charge in [-0.05, 0) is 59.2 Å². The summed E-state index contributed by atoms with van der Waals surface area (Å²) in [6.07, 6.45) is 15.2. The Kier molecular flexibility index (Phi) is 8.09. The van der Waals surface area contributed by atoms with Crippen LogP contribution >= 0.6 is 0 Å². The first-order valence-corrected chi connectivity index (χ1v) is 14.9. The molecule has 6 rings (SSSR count). The highest BCUT2D eigenvalue weighted by Crippen LogP contribution is 2.50. The SMILES string of the molecule is C=C/C=C\C(=C)C(=C)/C=C\C(=C)N(c1cccc2ccccc2occ1)c1cc2c3c(c1)c1ccccc1n3C(C=C)C2C=C. The number of allylic oxidation sites excluding steroid dienone is 9. The van der Waals surface area contributed by atoms with E-state index >= 15 is 0 Å². The van der Waals surface area contributed by atoms with Crippen molar-refractivity contribution in [3.8, 4) is 0 Å². The molecule has 0 amide bonds. The van der Waals surface area contributed by atoms with Gasteiger partial charge < -0.3 is 13.9 Å². The van der Waals surface area contributed by atoms with E-state index in [1.54, 1.807) is 12.3 Å². The molecule has 1 aliphatic rings. The number of hydrogen-bond acceptors (Lipinski definition) is 2. The van der Waals surface area contributed by atoms with Gasteiger partial charge in [0.1, 0.15) is 5.58 Å². The first kappa shape index (κ1) is 29.3. The summed E-state index contributed by atoms with van der Waals surface area (Å²) in [6.45, 7) is 25.1. The Morgan fingerprint density at radius 2 is 1.49 bits per heavy atom. The molecule has 0 saturated heterocycles. The highest BCUT2D eigenvalue weighted by molar-refractivity contribution is 6.12. The van der Waals surface area contributed by atoms with E-state index in [0.29, 0.717) is 0 Å². The summed E-state index contributed by atoms with van der Waals surface area (Å²) < 4.78 is 8.49. The van der Waals surface area contributed by atoms with Crippen molar-refractivity contribution in [1.29, 1.82) is 0 Å². The Morgan fingerprint density at radius 1 is 0.733 bits per heavy atom. The fourth-order valence-corrected chi connectivity index (χ4v) is 6.21. The van der Waals surface area contributed by atoms with Crippen molar-refractivity contribution in [3.05, 3.63) is 196 Å². The molecule has 220 valence electrons. The Balaban J connectivity index is 1.57. The lowest BCUT2D eigenvalue weighted by Crippen LogP contribution is -2.14. The van der Waals surface area contributed by atoms with Crippen molar-refractivity contribution >= 4 is 44.1 Å². The van der Waals surface area contributed by atoms with Crippen LogP contribution in [0.5, 0.6) is 0 Å². The van der Waals surface area contributed by atoms with E-state index < -0.39 is 0 Å². The van der Waals surface area contributed by atoms with Gasteiger partial charge in [0, 0.05) is 44.7 Å². The van der Waals surface area contributed by atoms with Crippen LogP contribution in [-0.4, -0.2) is 4.57 Å². The molecule has 0 bridgehead atoms. The van der Waals surface area contributed by atoms with Gasteiger partial charge in [0.2, 0.25) is 0 Å². The smallest absolute Gasteiger partial charge is 0.133 e. The second kappa shape index (κ2) is 12.4. The second-order valence-corrected chi connectivity index (χ2v) is 11.0. The highest BCUT2D eigenvalue weighted by Gasteiger charge is 2.34. The number of para-hydroxylation sites is 2. The molecule has 0 aliphatic carbocycles. The van der Waals surface area contributed by atoms with Crippen LogP contribution in [0.2, 0.25) is 0 Å². The van der Waals surface area contributed by atoms with Crippen molar-refractivity contribution in [2.45, 2.75) is 12.0 Å². The molecule has 2 atom stereocenters. The molecule has 1 aliphatic heterocycles. The third-order valence-electron chi connectivity index (χ3n) is 8.36. The summed E-state index contributed by atoms with van der Waals surface area (Å²) in [6, 6.07) is 29.3. The standard InChI is InChI=1S/C42H36N2O/c1-7-10-16-29(4)30(5)23-24-31(6)43(33-19-15-18-32-17-11-14-22-41(32)45-26-25-33)34-27-37-35(8-2)39(9-3)44-40-21-13-12-20-36(40)38(28-34)42(37)44/h7-28,35,39H,1-6H2/b16-10-,18-15?,24-23-,26-25?,33-19?. The third kappa shape index (κ3) is 5.30. The zero-order chi connectivity index (χ0) is 31.5. The number of rotatable bonds is 10. The Bertz CT molecular complexity index is 2100. The van der Waals surface area contributed by atoms with Gasteiger partial charge in [-0.2, -0.15) is 0 Å². The number of aromatic nitrogens is 1. The van der Waals surface area contributed by atoms with E-state index in [1.165, 1.54) is 27.4 Å². The van der Waals surface area contributed by atoms with Gasteiger partial charge in [-0.25, -0.2) is 0 Å². The van der Waals surface area contributed by atoms with E-state index in [4.69, 9.17) is 4.42 Å². The van der Waals surface area contributed by atoms with Gasteiger partial charge in [0.05, 0.1) is 17.8 Å². The van der Waals surface area contributed by atoms with Gasteiger partial charge in [0.15, 0.2) is 0 Å². The van der Waals surface area contributed by atoms with Gasteiger partial charge in [-0.1, -0.05) is 111 Å². The highest BCUT2D eigenvalue weighted by atomic mass is 16.3. The fourth-order valence-electron chi connectivity index (χ4n) is 6.21. The minimum Gasteiger partial charge on any atom is -0.464 e. The molecule has 0 saturated carbocycles. The minimum absolute atomic E-state index is 0.0727. The van der Waals surface area contributed by atoms with E-state index in [0.717, 1.165) is 39.2 Å². The Morgan fingerprint density at radius 3 is 2.29 bits per heavy atom. The molecule has 0 radical (unpaired) electrons. The van der Waals surface area contributed by atoms with Crippen molar-refractivity contribution in [2.75, 3.05) is 4.90 Å². The molecule has 45 heavy (non-hydrogen) atoms. The number of hydrogen-bond donors (Lipinski definition) is 0. The predicted octanol–water partition coefficient (Wildman–Crippen LogP) is 11.7. The molecule has 3 heterocycles. The average Bonchev–Trinajstić information content (AvgIpc) is 3.59. The molecule has 0 fully saturated rings. The zero-order valence-electron chi connectivity index (χ0n) is 25.4. The molecular formula is C42H36N2O. The second-order valence-electron chi connectivity index (χ2n) is 11.0. The van der Waals surface area contributed by atoms with Crippen molar-refractivity contribution in [2.24, 2.45) is 0 Å². The van der Waals surface area contributed by atoms with Crippen molar-refractivity contribution in [1.82, 2.24) is 4.57 Å². The van der Waals surface area contributed by atoms with E-state index in [2.05, 4.69) is 97.5 Å². The van der Waals surface area contributed by atoms with Gasteiger partial charge in [-0.15, -0.1) is 13.2 Å². The molecule has 2 unspecified atom stereocenters. The van der Waals surface area contributed by atoms with E-state index in [-0.39, 0.29) is 12.0 Å². The maximum absolute atomic E-state index is 6.09. The molecule has 3 aromatic carbocycles. The number of fused-ring (bicyclic) bond motifs is 4. The van der Waals surface area contributed by atoms with Crippen LogP contribution in [0.1, 0.15) is 17.5 Å². The topological polar surface area (TPSA) is 21.3 Å². The van der Waals surface area contributed by atoms with Gasteiger partial charge >= 0.3 is 0 Å². The molecule has 3 nitrogen and oxygen atoms in total. The molecule has 5 aromatic rings. The Hall–Kier alpha value is -5.80. The average molecular weight is 585 g/mol. The molecule has 0 spiro atoms. The molecule has 3 heteroatoms. The lowest BCUT2D eigenvalue weighted by atomic mass is 9.92. The van der Waals surface area contributed by atoms with Crippen molar-refractivity contribution < 1.29 is 4.42 Å². The normalized spacial score (nSPS) is 15.5. The van der Waals surface area contributed by atoms with Crippen LogP contribution in [-0.2, 0) is 0 Å². The summed E-state index contributed by atoms with van der Waals surface area (Å²) in [5.74, 6) is 0.0812. The van der Waals surface area contributed by atoms with Crippen molar-refractivity contribution in [3.63, 3.8) is 0 Å². The predicted molar refractivity (Wildman–Crippen MR) is 193 cm³/mol. The maximum Gasteiger partial charge on any atom is 0.133 e. The third-order valence-corrected chi connectivity index (χ3v) is 8.36. The van der Waals surface area contributed by atoms with Crippen LogP contribution in [0, 0.1) is 0 Å². The lowest BCUT2D eigenvalue weighted by molar-refractivity contribution is 0.607. The van der Waals surface area contributed by atoms with Crippen LogP contribution in [0.4, 0.5) is 11.4 Å². The first-order chi connectivity index (χ1) is 22.0. The first-order valence-electron chi connectivity index (χ1n) is 14.9. The maximum atomic E-state index is 6.09. The van der Waals surface area contributed by atoms with E-state index in [1.807, 2.05) is 72.9 Å². The summed E-state index contributed by atoms with van der Waals surface area (Å²) in [5.41, 5.74) is 8.59. The summed E-state index contributed by atoms with van der Waals surface area (Å²) in [5, 5.41) is 3.37. The van der Waals surface area contributed by atoms with Crippen LogP contribution in [0.25, 0.3) is 32.8 Å². The summed E-state index contributed by atoms with van der Waals surface area (Å²) in [4.78, 5) is 2.15. The van der Waals surface area contributed by atoms with Crippen LogP contribution < -0.4 is 4.90 Å². The van der Waals surface area contributed by atoms with Gasteiger partial charge in [-0.3, -0.25) is 0 Å². The minimum atomic E-state index is 0.0727. The summed E-state index contributed by atoms with van der Waals surface area (Å²) in [7, 11) is 0. The van der Waals surface area contributed by atoms with Gasteiger partial charge in [0.25, 0.3) is 0 Å². The number of anilines is 2. The molecule has 2 aromatic heterocycles. The fraction of sp³-hybridized carbons (Fsp3) is 0.0476. The summed E-state index contributed by atoms with van der Waals surface area (Å²) >= 11 is 0. The zero-order valence-corrected chi connectivity index (χ0v) is 25.4. The number of benzene rings is 3. The van der Waals surface area contributed by atoms with Crippen LogP contribution in [0.3, 0.4) is 0 Å². The molecule has 0 N–H and O–H groups in total.